The summed E-state index contributed by atoms with van der Waals surface area (Å²) in [5.41, 5.74) is 3.78. The van der Waals surface area contributed by atoms with Crippen LogP contribution in [0.5, 0.6) is 0 Å². The number of aliphatic hydroxyl groups excluding tert-OH is 1. The summed E-state index contributed by atoms with van der Waals surface area (Å²) in [7, 11) is 0. The fourth-order valence-corrected chi connectivity index (χ4v) is 2.74. The Labute approximate surface area is 109 Å². The SMILES string of the molecule is Cc1nc2cc(-c3cc(CO)ccn3)ccc2s1. The van der Waals surface area contributed by atoms with Crippen LogP contribution in [0.3, 0.4) is 0 Å². The van der Waals surface area contributed by atoms with Crippen molar-refractivity contribution in [1.29, 1.82) is 0 Å². The van der Waals surface area contributed by atoms with Gasteiger partial charge in [-0.15, -0.1) is 11.3 Å². The number of aliphatic hydroxyl groups is 1. The van der Waals surface area contributed by atoms with Gasteiger partial charge in [0.2, 0.25) is 0 Å². The van der Waals surface area contributed by atoms with E-state index in [1.807, 2.05) is 31.2 Å². The summed E-state index contributed by atoms with van der Waals surface area (Å²) < 4.78 is 1.19. The van der Waals surface area contributed by atoms with Gasteiger partial charge in [-0.3, -0.25) is 4.98 Å². The van der Waals surface area contributed by atoms with E-state index in [2.05, 4.69) is 16.0 Å². The minimum absolute atomic E-state index is 0.0353. The van der Waals surface area contributed by atoms with E-state index in [4.69, 9.17) is 5.11 Å². The van der Waals surface area contributed by atoms with E-state index in [1.54, 1.807) is 17.5 Å². The molecule has 1 aromatic carbocycles. The first-order chi connectivity index (χ1) is 8.76. The molecule has 0 aliphatic carbocycles. The number of pyridine rings is 1. The number of hydrogen-bond acceptors (Lipinski definition) is 4. The van der Waals surface area contributed by atoms with E-state index < -0.39 is 0 Å². The summed E-state index contributed by atoms with van der Waals surface area (Å²) in [5, 5.41) is 10.2. The van der Waals surface area contributed by atoms with Crippen LogP contribution >= 0.6 is 11.3 Å². The van der Waals surface area contributed by atoms with Gasteiger partial charge in [-0.05, 0) is 36.8 Å². The molecule has 0 aliphatic heterocycles. The maximum Gasteiger partial charge on any atom is 0.0907 e. The third-order valence-corrected chi connectivity index (χ3v) is 3.75. The number of benzene rings is 1. The van der Waals surface area contributed by atoms with Crippen molar-refractivity contribution in [2.45, 2.75) is 13.5 Å². The lowest BCUT2D eigenvalue weighted by Crippen LogP contribution is -1.88. The van der Waals surface area contributed by atoms with Crippen LogP contribution < -0.4 is 0 Å². The van der Waals surface area contributed by atoms with E-state index in [-0.39, 0.29) is 6.61 Å². The summed E-state index contributed by atoms with van der Waals surface area (Å²) in [6.45, 7) is 2.04. The molecule has 0 unspecified atom stereocenters. The van der Waals surface area contributed by atoms with E-state index >= 15 is 0 Å². The van der Waals surface area contributed by atoms with Gasteiger partial charge in [0.05, 0.1) is 27.5 Å². The molecule has 3 aromatic rings. The summed E-state index contributed by atoms with van der Waals surface area (Å²) >= 11 is 1.69. The second-order valence-corrected chi connectivity index (χ2v) is 5.36. The lowest BCUT2D eigenvalue weighted by atomic mass is 10.1. The molecule has 90 valence electrons. The lowest BCUT2D eigenvalue weighted by Gasteiger charge is -2.02. The van der Waals surface area contributed by atoms with Crippen LogP contribution in [0.25, 0.3) is 21.5 Å². The smallest absolute Gasteiger partial charge is 0.0907 e. The average Bonchev–Trinajstić information content (AvgIpc) is 2.77. The zero-order valence-electron chi connectivity index (χ0n) is 9.92. The van der Waals surface area contributed by atoms with Crippen molar-refractivity contribution in [2.75, 3.05) is 0 Å². The normalized spacial score (nSPS) is 11.0. The molecule has 0 aliphatic rings. The van der Waals surface area contributed by atoms with Crippen molar-refractivity contribution in [1.82, 2.24) is 9.97 Å². The van der Waals surface area contributed by atoms with Crippen LogP contribution in [0.4, 0.5) is 0 Å². The molecular formula is C14H12N2OS. The molecule has 4 heteroatoms. The minimum atomic E-state index is 0.0353. The number of thiazole rings is 1. The molecule has 2 aromatic heterocycles. The first-order valence-corrected chi connectivity index (χ1v) is 6.51. The summed E-state index contributed by atoms with van der Waals surface area (Å²) in [5.74, 6) is 0. The number of nitrogens with zero attached hydrogens (tertiary/aromatic N) is 2. The molecule has 0 amide bonds. The number of hydrogen-bond donors (Lipinski definition) is 1. The summed E-state index contributed by atoms with van der Waals surface area (Å²) in [4.78, 5) is 8.82. The van der Waals surface area contributed by atoms with Crippen molar-refractivity contribution in [3.8, 4) is 11.3 Å². The molecule has 0 atom stereocenters. The fourth-order valence-electron chi connectivity index (χ4n) is 1.93. The number of rotatable bonds is 2. The van der Waals surface area contributed by atoms with Crippen LogP contribution in [0.15, 0.2) is 36.5 Å². The predicted octanol–water partition coefficient (Wildman–Crippen LogP) is 3.16. The quantitative estimate of drug-likeness (QED) is 0.766. The molecule has 0 fully saturated rings. The molecule has 3 nitrogen and oxygen atoms in total. The van der Waals surface area contributed by atoms with Gasteiger partial charge >= 0.3 is 0 Å². The van der Waals surface area contributed by atoms with Gasteiger partial charge in [0.1, 0.15) is 0 Å². The number of fused-ring (bicyclic) bond motifs is 1. The van der Waals surface area contributed by atoms with Crippen molar-refractivity contribution < 1.29 is 5.11 Å². The van der Waals surface area contributed by atoms with Gasteiger partial charge in [-0.25, -0.2) is 4.98 Å². The maximum absolute atomic E-state index is 9.15. The van der Waals surface area contributed by atoms with E-state index in [0.29, 0.717) is 0 Å². The molecule has 1 N–H and O–H groups in total. The van der Waals surface area contributed by atoms with E-state index in [1.165, 1.54) is 4.70 Å². The van der Waals surface area contributed by atoms with Crippen molar-refractivity contribution >= 4 is 21.6 Å². The Balaban J connectivity index is 2.12. The molecule has 0 spiro atoms. The van der Waals surface area contributed by atoms with E-state index in [9.17, 15) is 0 Å². The Hall–Kier alpha value is -1.78. The lowest BCUT2D eigenvalue weighted by molar-refractivity contribution is 0.282. The third-order valence-electron chi connectivity index (χ3n) is 2.80. The topological polar surface area (TPSA) is 46.0 Å². The molecule has 3 rings (SSSR count). The largest absolute Gasteiger partial charge is 0.392 e. The van der Waals surface area contributed by atoms with Crippen LogP contribution in [0.2, 0.25) is 0 Å². The second-order valence-electron chi connectivity index (χ2n) is 4.12. The highest BCUT2D eigenvalue weighted by molar-refractivity contribution is 7.18. The fraction of sp³-hybridized carbons (Fsp3) is 0.143. The van der Waals surface area contributed by atoms with Gasteiger partial charge in [-0.1, -0.05) is 6.07 Å². The van der Waals surface area contributed by atoms with Crippen molar-refractivity contribution in [3.05, 3.63) is 47.1 Å². The molecule has 0 saturated heterocycles. The van der Waals surface area contributed by atoms with Gasteiger partial charge in [0.15, 0.2) is 0 Å². The third kappa shape index (κ3) is 2.00. The van der Waals surface area contributed by atoms with Crippen LogP contribution in [0.1, 0.15) is 10.6 Å². The molecule has 0 bridgehead atoms. The van der Waals surface area contributed by atoms with Crippen LogP contribution in [0, 0.1) is 6.92 Å². The van der Waals surface area contributed by atoms with Gasteiger partial charge in [-0.2, -0.15) is 0 Å². The minimum Gasteiger partial charge on any atom is -0.392 e. The standard InChI is InChI=1S/C14H12N2OS/c1-9-16-13-7-11(2-3-14(13)18-9)12-6-10(8-17)4-5-15-12/h2-7,17H,8H2,1H3. The Bertz CT molecular complexity index is 706. The zero-order chi connectivity index (χ0) is 12.5. The Morgan fingerprint density at radius 2 is 2.11 bits per heavy atom. The monoisotopic (exact) mass is 256 g/mol. The highest BCUT2D eigenvalue weighted by atomic mass is 32.1. The van der Waals surface area contributed by atoms with E-state index in [0.717, 1.165) is 27.3 Å². The van der Waals surface area contributed by atoms with Crippen molar-refractivity contribution in [2.24, 2.45) is 0 Å². The van der Waals surface area contributed by atoms with Gasteiger partial charge < -0.3 is 5.11 Å². The molecule has 0 saturated carbocycles. The first kappa shape index (κ1) is 11.3. The van der Waals surface area contributed by atoms with Gasteiger partial charge in [0.25, 0.3) is 0 Å². The Morgan fingerprint density at radius 1 is 1.22 bits per heavy atom. The van der Waals surface area contributed by atoms with Gasteiger partial charge in [0, 0.05) is 11.8 Å². The van der Waals surface area contributed by atoms with Crippen LogP contribution in [-0.2, 0) is 6.61 Å². The van der Waals surface area contributed by atoms with Crippen LogP contribution in [-0.4, -0.2) is 15.1 Å². The number of aryl methyl sites for hydroxylation is 1. The first-order valence-electron chi connectivity index (χ1n) is 5.69. The second kappa shape index (κ2) is 4.48. The average molecular weight is 256 g/mol. The zero-order valence-corrected chi connectivity index (χ0v) is 10.7. The molecular weight excluding hydrogens is 244 g/mol. The maximum atomic E-state index is 9.15. The predicted molar refractivity (Wildman–Crippen MR) is 73.5 cm³/mol. The Morgan fingerprint density at radius 3 is 2.94 bits per heavy atom. The highest BCUT2D eigenvalue weighted by Crippen LogP contribution is 2.26. The Kier molecular flexibility index (Phi) is 2.81. The highest BCUT2D eigenvalue weighted by Gasteiger charge is 2.05. The number of aromatic nitrogens is 2. The molecule has 0 radical (unpaired) electrons. The summed E-state index contributed by atoms with van der Waals surface area (Å²) in [6, 6.07) is 9.88. The summed E-state index contributed by atoms with van der Waals surface area (Å²) in [6.07, 6.45) is 1.72. The molecule has 18 heavy (non-hydrogen) atoms. The van der Waals surface area contributed by atoms with Crippen molar-refractivity contribution in [3.63, 3.8) is 0 Å². The molecule has 2 heterocycles.